The Morgan fingerprint density at radius 3 is 2.55 bits per heavy atom. The van der Waals surface area contributed by atoms with Gasteiger partial charge in [-0.25, -0.2) is 4.98 Å². The number of hydrogen-bond donors (Lipinski definition) is 1. The maximum Gasteiger partial charge on any atom is 0.425 e. The normalized spacial score (nSPS) is 13.5. The summed E-state index contributed by atoms with van der Waals surface area (Å²) in [5.74, 6) is -1.11. The molecule has 0 aliphatic heterocycles. The first-order valence-corrected chi connectivity index (χ1v) is 8.75. The van der Waals surface area contributed by atoms with Crippen LogP contribution >= 0.6 is 0 Å². The van der Waals surface area contributed by atoms with Gasteiger partial charge in [0.15, 0.2) is 6.10 Å². The summed E-state index contributed by atoms with van der Waals surface area (Å²) in [5, 5.41) is 3.79. The van der Waals surface area contributed by atoms with Gasteiger partial charge in [-0.05, 0) is 37.3 Å². The average molecular weight is 442 g/mol. The molecule has 1 N–H and O–H groups in total. The highest BCUT2D eigenvalue weighted by Crippen LogP contribution is 2.40. The van der Waals surface area contributed by atoms with Crippen molar-refractivity contribution in [1.82, 2.24) is 20.1 Å². The Balaban J connectivity index is 1.72. The highest BCUT2D eigenvalue weighted by Gasteiger charge is 2.41. The lowest BCUT2D eigenvalue weighted by Gasteiger charge is -2.20. The molecule has 0 amide bonds. The summed E-state index contributed by atoms with van der Waals surface area (Å²) in [6, 6.07) is 7.64. The first-order valence-electron chi connectivity index (χ1n) is 8.75. The number of H-pyrrole nitrogens is 1. The quantitative estimate of drug-likeness (QED) is 0.415. The first-order chi connectivity index (χ1) is 14.5. The maximum atomic E-state index is 13.5. The van der Waals surface area contributed by atoms with Gasteiger partial charge in [0.2, 0.25) is 5.82 Å². The molecule has 6 nitrogen and oxygen atoms in total. The van der Waals surface area contributed by atoms with Crippen molar-refractivity contribution in [1.29, 1.82) is 0 Å². The van der Waals surface area contributed by atoms with E-state index in [1.54, 1.807) is 18.2 Å². The Hall–Kier alpha value is -3.57. The van der Waals surface area contributed by atoms with Crippen LogP contribution in [-0.4, -0.2) is 32.4 Å². The monoisotopic (exact) mass is 442 g/mol. The van der Waals surface area contributed by atoms with Gasteiger partial charge in [0.25, 0.3) is 5.89 Å². The summed E-state index contributed by atoms with van der Waals surface area (Å²) in [7, 11) is 0. The Morgan fingerprint density at radius 1 is 1.06 bits per heavy atom. The van der Waals surface area contributed by atoms with Gasteiger partial charge >= 0.3 is 12.4 Å². The van der Waals surface area contributed by atoms with Crippen LogP contribution in [0.15, 0.2) is 47.2 Å². The fourth-order valence-electron chi connectivity index (χ4n) is 2.84. The number of rotatable bonds is 4. The van der Waals surface area contributed by atoms with Gasteiger partial charge in [0.1, 0.15) is 5.75 Å². The van der Waals surface area contributed by atoms with E-state index in [2.05, 4.69) is 24.8 Å². The van der Waals surface area contributed by atoms with Gasteiger partial charge in [-0.2, -0.15) is 31.3 Å². The molecule has 0 saturated carbocycles. The van der Waals surface area contributed by atoms with E-state index < -0.39 is 29.8 Å². The third-order valence-electron chi connectivity index (χ3n) is 4.41. The molecule has 12 heteroatoms. The number of imidazole rings is 1. The number of hydrogen-bond acceptors (Lipinski definition) is 5. The Bertz CT molecular complexity index is 1230. The molecular weight excluding hydrogens is 430 g/mol. The number of halogens is 6. The highest BCUT2D eigenvalue weighted by molar-refractivity contribution is 5.89. The molecule has 0 aliphatic carbocycles. The number of fused-ring (bicyclic) bond motifs is 1. The zero-order chi connectivity index (χ0) is 22.4. The summed E-state index contributed by atoms with van der Waals surface area (Å²) < 4.78 is 88.1. The van der Waals surface area contributed by atoms with E-state index in [4.69, 9.17) is 4.52 Å². The van der Waals surface area contributed by atoms with Crippen molar-refractivity contribution in [2.45, 2.75) is 25.4 Å². The van der Waals surface area contributed by atoms with Crippen LogP contribution in [-0.2, 0) is 6.18 Å². The van der Waals surface area contributed by atoms with Crippen molar-refractivity contribution in [3.63, 3.8) is 0 Å². The smallest absolute Gasteiger partial charge is 0.425 e. The third kappa shape index (κ3) is 4.05. The van der Waals surface area contributed by atoms with Crippen LogP contribution in [0.3, 0.4) is 0 Å². The number of alkyl halides is 6. The van der Waals surface area contributed by atoms with Crippen molar-refractivity contribution in [3.05, 3.63) is 48.3 Å². The van der Waals surface area contributed by atoms with E-state index in [-0.39, 0.29) is 17.3 Å². The van der Waals surface area contributed by atoms with Crippen molar-refractivity contribution in [2.24, 2.45) is 0 Å². The largest absolute Gasteiger partial charge is 0.481 e. The standard InChI is InChI=1S/C19H12F6N4O2/c1-9(18(20,21)22)30-14-6-5-10(7-12(14)19(23,24)25)17-28-16(29-31-17)11-3-2-4-13-15(11)27-8-26-13/h2-9H,1H3,(H,26,27). The van der Waals surface area contributed by atoms with E-state index in [1.165, 1.54) is 6.33 Å². The number of benzene rings is 2. The van der Waals surface area contributed by atoms with Crippen molar-refractivity contribution in [2.75, 3.05) is 0 Å². The van der Waals surface area contributed by atoms with Gasteiger partial charge in [-0.1, -0.05) is 11.2 Å². The zero-order valence-electron chi connectivity index (χ0n) is 15.5. The second kappa shape index (κ2) is 7.29. The first kappa shape index (κ1) is 20.7. The van der Waals surface area contributed by atoms with Gasteiger partial charge in [-0.3, -0.25) is 0 Å². The number of para-hydroxylation sites is 1. The fourth-order valence-corrected chi connectivity index (χ4v) is 2.84. The summed E-state index contributed by atoms with van der Waals surface area (Å²) in [6.07, 6.45) is -10.8. The lowest BCUT2D eigenvalue weighted by Crippen LogP contribution is -2.31. The maximum absolute atomic E-state index is 13.5. The number of aromatic amines is 1. The lowest BCUT2D eigenvalue weighted by molar-refractivity contribution is -0.191. The second-order valence-electron chi connectivity index (χ2n) is 6.54. The highest BCUT2D eigenvalue weighted by atomic mass is 19.4. The molecule has 1 atom stereocenters. The molecule has 0 aliphatic rings. The van der Waals surface area contributed by atoms with E-state index in [9.17, 15) is 26.3 Å². The summed E-state index contributed by atoms with van der Waals surface area (Å²) >= 11 is 0. The Morgan fingerprint density at radius 2 is 1.84 bits per heavy atom. The van der Waals surface area contributed by atoms with E-state index in [0.29, 0.717) is 29.6 Å². The van der Waals surface area contributed by atoms with Crippen molar-refractivity contribution < 1.29 is 35.6 Å². The van der Waals surface area contributed by atoms with Crippen molar-refractivity contribution in [3.8, 4) is 28.6 Å². The molecule has 2 aromatic heterocycles. The molecule has 0 fully saturated rings. The number of aromatic nitrogens is 4. The van der Waals surface area contributed by atoms with Crippen molar-refractivity contribution >= 4 is 11.0 Å². The van der Waals surface area contributed by atoms with Crippen LogP contribution in [0.2, 0.25) is 0 Å². The molecule has 0 spiro atoms. The molecule has 162 valence electrons. The minimum Gasteiger partial charge on any atom is -0.481 e. The average Bonchev–Trinajstić information content (AvgIpc) is 3.36. The third-order valence-corrected chi connectivity index (χ3v) is 4.41. The van der Waals surface area contributed by atoms with Gasteiger partial charge in [0.05, 0.1) is 28.5 Å². The van der Waals surface area contributed by atoms with E-state index in [0.717, 1.165) is 12.1 Å². The predicted molar refractivity (Wildman–Crippen MR) is 96.0 cm³/mol. The van der Waals surface area contributed by atoms with E-state index >= 15 is 0 Å². The summed E-state index contributed by atoms with van der Waals surface area (Å²) in [4.78, 5) is 11.2. The molecule has 2 aromatic carbocycles. The summed E-state index contributed by atoms with van der Waals surface area (Å²) in [6.45, 7) is 0.619. The topological polar surface area (TPSA) is 76.8 Å². The summed E-state index contributed by atoms with van der Waals surface area (Å²) in [5.41, 5.74) is 0.200. The zero-order valence-corrected chi connectivity index (χ0v) is 15.5. The minimum atomic E-state index is -4.97. The molecule has 4 rings (SSSR count). The van der Waals surface area contributed by atoms with Crippen LogP contribution in [0.4, 0.5) is 26.3 Å². The molecule has 0 bridgehead atoms. The Labute approximate surface area is 169 Å². The van der Waals surface area contributed by atoms with E-state index in [1.807, 2.05) is 0 Å². The number of ether oxygens (including phenoxy) is 1. The van der Waals surface area contributed by atoms with Crippen LogP contribution in [0, 0.1) is 0 Å². The number of nitrogens with one attached hydrogen (secondary N) is 1. The van der Waals surface area contributed by atoms with Gasteiger partial charge in [-0.15, -0.1) is 0 Å². The van der Waals surface area contributed by atoms with Crippen LogP contribution < -0.4 is 4.74 Å². The lowest BCUT2D eigenvalue weighted by atomic mass is 10.1. The molecule has 1 unspecified atom stereocenters. The molecular formula is C19H12F6N4O2. The second-order valence-corrected chi connectivity index (χ2v) is 6.54. The van der Waals surface area contributed by atoms with Crippen LogP contribution in [0.5, 0.6) is 5.75 Å². The van der Waals surface area contributed by atoms with Crippen LogP contribution in [0.25, 0.3) is 33.9 Å². The van der Waals surface area contributed by atoms with Gasteiger partial charge in [0, 0.05) is 5.56 Å². The SMILES string of the molecule is CC(Oc1ccc(-c2nc(-c3cccc4[nH]cnc34)no2)cc1C(F)(F)F)C(F)(F)F. The fraction of sp³-hybridized carbons (Fsp3) is 0.211. The Kier molecular flexibility index (Phi) is 4.86. The molecule has 2 heterocycles. The minimum absolute atomic E-state index is 0.0901. The predicted octanol–water partition coefficient (Wildman–Crippen LogP) is 5.63. The molecule has 0 saturated heterocycles. The molecule has 4 aromatic rings. The number of nitrogens with zero attached hydrogens (tertiary/aromatic N) is 3. The van der Waals surface area contributed by atoms with Gasteiger partial charge < -0.3 is 14.2 Å². The molecule has 0 radical (unpaired) electrons. The molecule has 31 heavy (non-hydrogen) atoms. The van der Waals surface area contributed by atoms with Crippen LogP contribution in [0.1, 0.15) is 12.5 Å².